The van der Waals surface area contributed by atoms with Crippen molar-refractivity contribution in [3.05, 3.63) is 40.8 Å². The Morgan fingerprint density at radius 2 is 2.04 bits per heavy atom. The molecule has 3 rings (SSSR count). The smallest absolute Gasteiger partial charge is 0.272 e. The van der Waals surface area contributed by atoms with Gasteiger partial charge in [0.15, 0.2) is 0 Å². The molecule has 3 aromatic rings. The predicted octanol–water partition coefficient (Wildman–Crippen LogP) is 1.63. The van der Waals surface area contributed by atoms with Crippen molar-refractivity contribution in [2.75, 3.05) is 19.6 Å². The van der Waals surface area contributed by atoms with Crippen molar-refractivity contribution in [1.82, 2.24) is 19.6 Å². The normalized spacial score (nSPS) is 12.3. The summed E-state index contributed by atoms with van der Waals surface area (Å²) in [6.07, 6.45) is 7.04. The van der Waals surface area contributed by atoms with E-state index in [9.17, 15) is 13.2 Å². The number of nitrogens with one attached hydrogen (secondary N) is 3. The molecule has 0 aliphatic heterocycles. The van der Waals surface area contributed by atoms with Crippen LogP contribution >= 0.6 is 0 Å². The van der Waals surface area contributed by atoms with Gasteiger partial charge in [-0.1, -0.05) is 19.8 Å². The van der Waals surface area contributed by atoms with E-state index >= 15 is 0 Å². The third kappa shape index (κ3) is 3.76. The number of aromatic amines is 2. The molecule has 0 saturated carbocycles. The van der Waals surface area contributed by atoms with E-state index in [1.54, 1.807) is 24.4 Å². The molecule has 27 heavy (non-hydrogen) atoms. The molecule has 0 saturated heterocycles. The average Bonchev–Trinajstić information content (AvgIpc) is 3.11. The second-order valence-electron chi connectivity index (χ2n) is 6.58. The topological polar surface area (TPSA) is 98.1 Å². The Hall–Kier alpha value is -2.60. The van der Waals surface area contributed by atoms with Crippen LogP contribution in [0.25, 0.3) is 21.8 Å². The Morgan fingerprint density at radius 1 is 1.26 bits per heavy atom. The van der Waals surface area contributed by atoms with Crippen LogP contribution in [0.1, 0.15) is 13.8 Å². The summed E-state index contributed by atoms with van der Waals surface area (Å²) in [6, 6.07) is 6.69. The second-order valence-corrected chi connectivity index (χ2v) is 8.52. The van der Waals surface area contributed by atoms with Crippen molar-refractivity contribution in [2.24, 2.45) is 0 Å². The molecule has 142 valence electrons. The zero-order valence-electron chi connectivity index (χ0n) is 15.2. The van der Waals surface area contributed by atoms with Gasteiger partial charge in [0, 0.05) is 41.6 Å². The number of benzene rings is 1. The molecule has 2 aromatic heterocycles. The highest BCUT2D eigenvalue weighted by molar-refractivity contribution is 7.89. The molecule has 0 aliphatic rings. The second kappa shape index (κ2) is 7.56. The molecule has 0 fully saturated rings. The summed E-state index contributed by atoms with van der Waals surface area (Å²) in [5, 5.41) is 4.53. The van der Waals surface area contributed by atoms with E-state index in [1.165, 1.54) is 10.4 Å². The first-order valence-corrected chi connectivity index (χ1v) is 10.1. The van der Waals surface area contributed by atoms with Crippen molar-refractivity contribution in [1.29, 1.82) is 0 Å². The third-order valence-corrected chi connectivity index (χ3v) is 6.16. The van der Waals surface area contributed by atoms with Crippen LogP contribution in [-0.4, -0.2) is 48.4 Å². The highest BCUT2D eigenvalue weighted by Gasteiger charge is 2.24. The summed E-state index contributed by atoms with van der Waals surface area (Å²) in [4.78, 5) is 17.8. The lowest BCUT2D eigenvalue weighted by atomic mass is 10.1. The molecular weight excluding hydrogens is 364 g/mol. The predicted molar refractivity (Wildman–Crippen MR) is 107 cm³/mol. The first-order chi connectivity index (χ1) is 12.8. The zero-order chi connectivity index (χ0) is 19.6. The molecule has 2 heterocycles. The standard InChI is InChI=1S/C19H22N4O3S/c1-4-10-23(11-9-20-13(2)3)27(25,26)14-5-6-17-16(12-14)15-7-8-21-18(15)19(24)22-17/h1,5-8,12-13,20-21H,9-11H2,2-3H3,(H,22,24). The number of nitrogens with zero attached hydrogens (tertiary/aromatic N) is 1. The summed E-state index contributed by atoms with van der Waals surface area (Å²) in [5.74, 6) is 2.42. The maximum Gasteiger partial charge on any atom is 0.272 e. The number of rotatable bonds is 7. The number of hydrogen-bond donors (Lipinski definition) is 3. The number of pyridine rings is 1. The molecule has 7 nitrogen and oxygen atoms in total. The van der Waals surface area contributed by atoms with Gasteiger partial charge in [-0.15, -0.1) is 6.42 Å². The lowest BCUT2D eigenvalue weighted by molar-refractivity contribution is 0.427. The number of H-pyrrole nitrogens is 2. The van der Waals surface area contributed by atoms with Gasteiger partial charge in [0.25, 0.3) is 5.56 Å². The van der Waals surface area contributed by atoms with Crippen molar-refractivity contribution >= 4 is 31.8 Å². The summed E-state index contributed by atoms with van der Waals surface area (Å²) in [7, 11) is -3.77. The van der Waals surface area contributed by atoms with Gasteiger partial charge >= 0.3 is 0 Å². The molecule has 0 atom stereocenters. The van der Waals surface area contributed by atoms with Gasteiger partial charge in [-0.05, 0) is 24.3 Å². The fourth-order valence-corrected chi connectivity index (χ4v) is 4.38. The molecule has 0 aliphatic carbocycles. The Balaban J connectivity index is 2.04. The summed E-state index contributed by atoms with van der Waals surface area (Å²) in [6.45, 7) is 4.75. The van der Waals surface area contributed by atoms with Gasteiger partial charge < -0.3 is 15.3 Å². The number of hydrogen-bond acceptors (Lipinski definition) is 4. The van der Waals surface area contributed by atoms with Crippen molar-refractivity contribution in [3.63, 3.8) is 0 Å². The highest BCUT2D eigenvalue weighted by Crippen LogP contribution is 2.25. The Morgan fingerprint density at radius 3 is 2.74 bits per heavy atom. The van der Waals surface area contributed by atoms with Crippen LogP contribution in [0.4, 0.5) is 0 Å². The van der Waals surface area contributed by atoms with Gasteiger partial charge in [-0.3, -0.25) is 4.79 Å². The van der Waals surface area contributed by atoms with Crippen LogP contribution < -0.4 is 10.9 Å². The molecule has 0 amide bonds. The molecule has 0 spiro atoms. The molecule has 0 radical (unpaired) electrons. The Labute approximate surface area is 157 Å². The summed E-state index contributed by atoms with van der Waals surface area (Å²) in [5.41, 5.74) is 0.751. The summed E-state index contributed by atoms with van der Waals surface area (Å²) < 4.78 is 27.5. The van der Waals surface area contributed by atoms with Gasteiger partial charge in [0.2, 0.25) is 10.0 Å². The van der Waals surface area contributed by atoms with Crippen LogP contribution in [0.15, 0.2) is 40.2 Å². The van der Waals surface area contributed by atoms with Gasteiger partial charge in [0.05, 0.1) is 11.4 Å². The van der Waals surface area contributed by atoms with E-state index in [1.807, 2.05) is 13.8 Å². The van der Waals surface area contributed by atoms with Crippen LogP contribution in [0.5, 0.6) is 0 Å². The molecular formula is C19H22N4O3S. The monoisotopic (exact) mass is 386 g/mol. The fourth-order valence-electron chi connectivity index (χ4n) is 3.00. The SMILES string of the molecule is C#CCN(CCNC(C)C)S(=O)(=O)c1ccc2[nH]c(=O)c3[nH]ccc3c2c1. The van der Waals surface area contributed by atoms with E-state index in [-0.39, 0.29) is 29.6 Å². The fraction of sp³-hybridized carbons (Fsp3) is 0.316. The lowest BCUT2D eigenvalue weighted by Gasteiger charge is -2.21. The van der Waals surface area contributed by atoms with Crippen LogP contribution in [-0.2, 0) is 10.0 Å². The van der Waals surface area contributed by atoms with E-state index in [0.717, 1.165) is 0 Å². The van der Waals surface area contributed by atoms with E-state index in [2.05, 4.69) is 21.2 Å². The lowest BCUT2D eigenvalue weighted by Crippen LogP contribution is -2.38. The molecule has 0 bridgehead atoms. The van der Waals surface area contributed by atoms with Crippen LogP contribution in [0.2, 0.25) is 0 Å². The summed E-state index contributed by atoms with van der Waals surface area (Å²) >= 11 is 0. The first kappa shape index (κ1) is 19.2. The number of fused-ring (bicyclic) bond motifs is 3. The maximum atomic E-state index is 13.1. The quantitative estimate of drug-likeness (QED) is 0.538. The van der Waals surface area contributed by atoms with Crippen molar-refractivity contribution < 1.29 is 8.42 Å². The zero-order valence-corrected chi connectivity index (χ0v) is 16.1. The number of terminal acetylenes is 1. The number of sulfonamides is 1. The van der Waals surface area contributed by atoms with E-state index in [0.29, 0.717) is 28.4 Å². The Kier molecular flexibility index (Phi) is 5.37. The molecule has 3 N–H and O–H groups in total. The van der Waals surface area contributed by atoms with Crippen LogP contribution in [0.3, 0.4) is 0 Å². The highest BCUT2D eigenvalue weighted by atomic mass is 32.2. The number of aromatic nitrogens is 2. The van der Waals surface area contributed by atoms with E-state index < -0.39 is 10.0 Å². The minimum Gasteiger partial charge on any atom is -0.357 e. The maximum absolute atomic E-state index is 13.1. The van der Waals surface area contributed by atoms with Crippen molar-refractivity contribution in [3.8, 4) is 12.3 Å². The van der Waals surface area contributed by atoms with Crippen LogP contribution in [0, 0.1) is 12.3 Å². The Bertz CT molecular complexity index is 1170. The largest absolute Gasteiger partial charge is 0.357 e. The molecule has 1 aromatic carbocycles. The minimum atomic E-state index is -3.77. The van der Waals surface area contributed by atoms with Gasteiger partial charge in [0.1, 0.15) is 5.52 Å². The third-order valence-electron chi connectivity index (χ3n) is 4.32. The van der Waals surface area contributed by atoms with Gasteiger partial charge in [-0.25, -0.2) is 8.42 Å². The van der Waals surface area contributed by atoms with Gasteiger partial charge in [-0.2, -0.15) is 4.31 Å². The molecule has 0 unspecified atom stereocenters. The van der Waals surface area contributed by atoms with Crippen molar-refractivity contribution in [2.45, 2.75) is 24.8 Å². The van der Waals surface area contributed by atoms with E-state index in [4.69, 9.17) is 6.42 Å². The average molecular weight is 386 g/mol. The molecule has 8 heteroatoms. The first-order valence-electron chi connectivity index (χ1n) is 8.64. The minimum absolute atomic E-state index is 0.00860.